The lowest BCUT2D eigenvalue weighted by molar-refractivity contribution is -0.325. The van der Waals surface area contributed by atoms with Gasteiger partial charge in [-0.2, -0.15) is 0 Å². The van der Waals surface area contributed by atoms with Gasteiger partial charge in [-0.3, -0.25) is 14.4 Å². The normalized spacial score (nSPS) is 16.1. The van der Waals surface area contributed by atoms with Crippen molar-refractivity contribution in [2.24, 2.45) is 11.8 Å². The number of ketones is 1. The highest BCUT2D eigenvalue weighted by Gasteiger charge is 2.29. The standard InChI is InChI=1S/C26H34F3N5O2S/c1-18(2)7-8-19(15-20-17-30-22-6-4-3-5-21(20)22)16-23(35)24-31-32-25(37-24)34-11-9-33(10-12-34)13-14-36-26(27,28)29/h3-6,17-19,30H,7-16H2,1-2H3. The van der Waals surface area contributed by atoms with Gasteiger partial charge in [0.2, 0.25) is 5.13 Å². The van der Waals surface area contributed by atoms with Gasteiger partial charge < -0.3 is 9.88 Å². The number of aromatic nitrogens is 3. The molecule has 1 aliphatic rings. The van der Waals surface area contributed by atoms with Crippen LogP contribution in [0.4, 0.5) is 18.3 Å². The molecule has 3 aromatic rings. The third-order valence-corrected chi connectivity index (χ3v) is 7.80. The Morgan fingerprint density at radius 2 is 1.89 bits per heavy atom. The van der Waals surface area contributed by atoms with Gasteiger partial charge in [0.25, 0.3) is 0 Å². The summed E-state index contributed by atoms with van der Waals surface area (Å²) in [5, 5.41) is 10.8. The summed E-state index contributed by atoms with van der Waals surface area (Å²) in [7, 11) is 0. The summed E-state index contributed by atoms with van der Waals surface area (Å²) < 4.78 is 40.4. The number of piperazine rings is 1. The Bertz CT molecular complexity index is 1150. The molecule has 0 radical (unpaired) electrons. The number of hydrogen-bond donors (Lipinski definition) is 1. The minimum atomic E-state index is -4.60. The number of alkyl halides is 3. The van der Waals surface area contributed by atoms with Crippen molar-refractivity contribution < 1.29 is 22.7 Å². The van der Waals surface area contributed by atoms with Gasteiger partial charge in [0.05, 0.1) is 6.61 Å². The summed E-state index contributed by atoms with van der Waals surface area (Å²) in [6, 6.07) is 8.22. The van der Waals surface area contributed by atoms with E-state index in [9.17, 15) is 18.0 Å². The highest BCUT2D eigenvalue weighted by atomic mass is 32.1. The minimum absolute atomic E-state index is 0.0142. The molecular weight excluding hydrogens is 503 g/mol. The van der Waals surface area contributed by atoms with Gasteiger partial charge in [-0.15, -0.1) is 23.4 Å². The van der Waals surface area contributed by atoms with Crippen LogP contribution < -0.4 is 4.90 Å². The number of hydrogen-bond acceptors (Lipinski definition) is 7. The smallest absolute Gasteiger partial charge is 0.361 e. The van der Waals surface area contributed by atoms with Crippen molar-refractivity contribution in [1.82, 2.24) is 20.1 Å². The van der Waals surface area contributed by atoms with Crippen LogP contribution in [0.15, 0.2) is 30.5 Å². The molecule has 0 bridgehead atoms. The van der Waals surface area contributed by atoms with Crippen LogP contribution in [-0.2, 0) is 11.2 Å². The SMILES string of the molecule is CC(C)CCC(CC(=O)c1nnc(N2CCN(CCOC(F)(F)F)CC2)s1)Cc1c[nH]c2ccccc12. The van der Waals surface area contributed by atoms with Crippen LogP contribution in [0.3, 0.4) is 0 Å². The van der Waals surface area contributed by atoms with Gasteiger partial charge in [0.15, 0.2) is 10.8 Å². The number of anilines is 1. The van der Waals surface area contributed by atoms with Crippen LogP contribution in [0.2, 0.25) is 0 Å². The van der Waals surface area contributed by atoms with Crippen molar-refractivity contribution in [3.8, 4) is 0 Å². The van der Waals surface area contributed by atoms with Crippen molar-refractivity contribution >= 4 is 33.2 Å². The molecule has 1 fully saturated rings. The maximum atomic E-state index is 13.2. The van der Waals surface area contributed by atoms with E-state index in [0.29, 0.717) is 48.7 Å². The number of carbonyl (C=O) groups excluding carboxylic acids is 1. The molecule has 4 rings (SSSR count). The van der Waals surface area contributed by atoms with Crippen LogP contribution in [0.25, 0.3) is 10.9 Å². The van der Waals surface area contributed by atoms with E-state index in [-0.39, 0.29) is 24.9 Å². The highest BCUT2D eigenvalue weighted by molar-refractivity contribution is 7.17. The maximum Gasteiger partial charge on any atom is 0.522 e. The Morgan fingerprint density at radius 1 is 1.14 bits per heavy atom. The molecule has 0 spiro atoms. The second-order valence-electron chi connectivity index (χ2n) is 10.0. The molecule has 202 valence electrons. The fraction of sp³-hybridized carbons (Fsp3) is 0.577. The number of rotatable bonds is 12. The first kappa shape index (κ1) is 27.5. The molecule has 0 saturated carbocycles. The number of carbonyl (C=O) groups is 1. The van der Waals surface area contributed by atoms with E-state index in [1.54, 1.807) is 0 Å². The van der Waals surface area contributed by atoms with Crippen LogP contribution >= 0.6 is 11.3 Å². The lowest BCUT2D eigenvalue weighted by atomic mass is 9.88. The number of fused-ring (bicyclic) bond motifs is 1. The number of Topliss-reactive ketones (excluding diaryl/α,β-unsaturated/α-hetero) is 1. The number of nitrogens with one attached hydrogen (secondary N) is 1. The molecular formula is C26H34F3N5O2S. The third-order valence-electron chi connectivity index (χ3n) is 6.78. The first-order valence-electron chi connectivity index (χ1n) is 12.8. The largest absolute Gasteiger partial charge is 0.522 e. The Labute approximate surface area is 219 Å². The fourth-order valence-corrected chi connectivity index (χ4v) is 5.56. The van der Waals surface area contributed by atoms with Crippen LogP contribution in [0, 0.1) is 11.8 Å². The van der Waals surface area contributed by atoms with Gasteiger partial charge in [0, 0.05) is 56.2 Å². The topological polar surface area (TPSA) is 74.3 Å². The molecule has 11 heteroatoms. The summed E-state index contributed by atoms with van der Waals surface area (Å²) >= 11 is 1.30. The average molecular weight is 538 g/mol. The molecule has 1 aromatic carbocycles. The van der Waals surface area contributed by atoms with E-state index in [1.807, 2.05) is 21.9 Å². The third kappa shape index (κ3) is 7.99. The summed E-state index contributed by atoms with van der Waals surface area (Å²) in [6.07, 6.45) is 0.729. The summed E-state index contributed by atoms with van der Waals surface area (Å²) in [4.78, 5) is 20.5. The van der Waals surface area contributed by atoms with Crippen molar-refractivity contribution in [2.75, 3.05) is 44.2 Å². The van der Waals surface area contributed by atoms with E-state index in [2.05, 4.69) is 52.1 Å². The maximum absolute atomic E-state index is 13.2. The van der Waals surface area contributed by atoms with Gasteiger partial charge >= 0.3 is 6.36 Å². The Kier molecular flexibility index (Phi) is 9.20. The van der Waals surface area contributed by atoms with Gasteiger partial charge in [-0.1, -0.05) is 49.8 Å². The number of H-pyrrole nitrogens is 1. The molecule has 37 heavy (non-hydrogen) atoms. The molecule has 2 aromatic heterocycles. The van der Waals surface area contributed by atoms with E-state index in [4.69, 9.17) is 0 Å². The van der Waals surface area contributed by atoms with E-state index in [1.165, 1.54) is 22.3 Å². The molecule has 1 unspecified atom stereocenters. The monoisotopic (exact) mass is 537 g/mol. The van der Waals surface area contributed by atoms with Crippen molar-refractivity contribution in [3.63, 3.8) is 0 Å². The molecule has 1 aliphatic heterocycles. The minimum Gasteiger partial charge on any atom is -0.361 e. The average Bonchev–Trinajstić information content (AvgIpc) is 3.50. The lowest BCUT2D eigenvalue weighted by Gasteiger charge is -2.34. The molecule has 0 amide bonds. The van der Waals surface area contributed by atoms with Gasteiger partial charge in [-0.05, 0) is 36.3 Å². The van der Waals surface area contributed by atoms with Crippen LogP contribution in [0.5, 0.6) is 0 Å². The Balaban J connectivity index is 1.33. The molecule has 3 heterocycles. The number of para-hydroxylation sites is 1. The molecule has 1 N–H and O–H groups in total. The van der Waals surface area contributed by atoms with Gasteiger partial charge in [-0.25, -0.2) is 0 Å². The summed E-state index contributed by atoms with van der Waals surface area (Å²) in [6.45, 7) is 6.69. The van der Waals surface area contributed by atoms with Crippen LogP contribution in [-0.4, -0.2) is 71.6 Å². The Hall–Kier alpha value is -2.50. The summed E-state index contributed by atoms with van der Waals surface area (Å²) in [5.74, 6) is 0.789. The number of halogens is 3. The molecule has 1 atom stereocenters. The quantitative estimate of drug-likeness (QED) is 0.306. The van der Waals surface area contributed by atoms with E-state index >= 15 is 0 Å². The number of benzene rings is 1. The summed E-state index contributed by atoms with van der Waals surface area (Å²) in [5.41, 5.74) is 2.33. The fourth-order valence-electron chi connectivity index (χ4n) is 4.72. The zero-order valence-electron chi connectivity index (χ0n) is 21.3. The van der Waals surface area contributed by atoms with E-state index in [0.717, 1.165) is 24.8 Å². The number of ether oxygens (including phenoxy) is 1. The Morgan fingerprint density at radius 3 is 2.62 bits per heavy atom. The highest BCUT2D eigenvalue weighted by Crippen LogP contribution is 2.29. The number of aromatic amines is 1. The molecule has 0 aliphatic carbocycles. The zero-order chi connectivity index (χ0) is 26.4. The van der Waals surface area contributed by atoms with Crippen LogP contribution in [0.1, 0.15) is 48.5 Å². The molecule has 7 nitrogen and oxygen atoms in total. The second-order valence-corrected chi connectivity index (χ2v) is 11.0. The first-order valence-corrected chi connectivity index (χ1v) is 13.6. The zero-order valence-corrected chi connectivity index (χ0v) is 22.1. The van der Waals surface area contributed by atoms with Crippen molar-refractivity contribution in [3.05, 3.63) is 41.0 Å². The second kappa shape index (κ2) is 12.4. The number of nitrogens with zero attached hydrogens (tertiary/aromatic N) is 4. The molecule has 1 saturated heterocycles. The predicted octanol–water partition coefficient (Wildman–Crippen LogP) is 5.55. The van der Waals surface area contributed by atoms with Crippen molar-refractivity contribution in [1.29, 1.82) is 0 Å². The lowest BCUT2D eigenvalue weighted by Crippen LogP contribution is -2.47. The van der Waals surface area contributed by atoms with E-state index < -0.39 is 6.36 Å². The first-order chi connectivity index (χ1) is 17.7. The van der Waals surface area contributed by atoms with Gasteiger partial charge in [0.1, 0.15) is 0 Å². The predicted molar refractivity (Wildman–Crippen MR) is 139 cm³/mol. The van der Waals surface area contributed by atoms with Crippen molar-refractivity contribution in [2.45, 2.75) is 45.9 Å².